The number of piperidine rings is 1. The van der Waals surface area contributed by atoms with Crippen LogP contribution in [0.5, 0.6) is 5.75 Å². The zero-order chi connectivity index (χ0) is 36.4. The van der Waals surface area contributed by atoms with E-state index in [1.165, 1.54) is 18.2 Å². The van der Waals surface area contributed by atoms with Gasteiger partial charge in [-0.25, -0.2) is 18.6 Å². The first kappa shape index (κ1) is 36.7. The third-order valence-electron chi connectivity index (χ3n) is 8.76. The highest BCUT2D eigenvalue weighted by molar-refractivity contribution is 5.80. The third kappa shape index (κ3) is 8.05. The molecule has 1 N–H and O–H groups in total. The van der Waals surface area contributed by atoms with Gasteiger partial charge in [-0.05, 0) is 84.2 Å². The van der Waals surface area contributed by atoms with Gasteiger partial charge in [-0.2, -0.15) is 9.61 Å². The molecular weight excluding hydrogens is 642 g/mol. The lowest BCUT2D eigenvalue weighted by Crippen LogP contribution is -2.45. The number of carboxylic acid groups (broad SMARTS) is 1. The molecule has 2 aromatic carbocycles. The smallest absolute Gasteiger partial charge is 0.337 e. The minimum absolute atomic E-state index is 0.192. The van der Waals surface area contributed by atoms with E-state index in [2.05, 4.69) is 25.0 Å². The Balaban J connectivity index is 1.65. The average Bonchev–Trinajstić information content (AvgIpc) is 3.46. The molecule has 0 radical (unpaired) electrons. The fraction of sp³-hybridized carbons (Fsp3) is 0.410. The maximum atomic E-state index is 15.7. The lowest BCUT2D eigenvalue weighted by molar-refractivity contribution is -0.160. The van der Waals surface area contributed by atoms with E-state index in [1.54, 1.807) is 68.6 Å². The summed E-state index contributed by atoms with van der Waals surface area (Å²) < 4.78 is 49.9. The molecule has 11 heteroatoms. The highest BCUT2D eigenvalue weighted by atomic mass is 19.1. The van der Waals surface area contributed by atoms with E-state index < -0.39 is 29.3 Å². The van der Waals surface area contributed by atoms with E-state index in [0.717, 1.165) is 0 Å². The van der Waals surface area contributed by atoms with Gasteiger partial charge in [0.1, 0.15) is 23.2 Å². The van der Waals surface area contributed by atoms with Crippen molar-refractivity contribution in [3.05, 3.63) is 90.7 Å². The van der Waals surface area contributed by atoms with Crippen molar-refractivity contribution < 1.29 is 32.9 Å². The number of nitrogens with zero attached hydrogens (tertiary/aromatic N) is 4. The van der Waals surface area contributed by atoms with Crippen LogP contribution in [0.1, 0.15) is 71.2 Å². The van der Waals surface area contributed by atoms with Gasteiger partial charge in [-0.15, -0.1) is 13.2 Å². The molecule has 5 rings (SSSR count). The van der Waals surface area contributed by atoms with E-state index >= 15 is 4.39 Å². The molecular formula is C39H46F2N4O5. The van der Waals surface area contributed by atoms with Gasteiger partial charge in [0.25, 0.3) is 0 Å². The number of aryl methyl sites for hydroxylation is 1. The Morgan fingerprint density at radius 3 is 2.44 bits per heavy atom. The van der Waals surface area contributed by atoms with Gasteiger partial charge < -0.3 is 24.2 Å². The van der Waals surface area contributed by atoms with Gasteiger partial charge in [0.05, 0.1) is 35.2 Å². The molecule has 0 bridgehead atoms. The van der Waals surface area contributed by atoms with Crippen LogP contribution in [0.15, 0.2) is 67.8 Å². The second kappa shape index (κ2) is 14.7. The van der Waals surface area contributed by atoms with Crippen LogP contribution < -0.4 is 9.64 Å². The van der Waals surface area contributed by atoms with Crippen LogP contribution in [0.4, 0.5) is 14.6 Å². The summed E-state index contributed by atoms with van der Waals surface area (Å²) in [6, 6.07) is 10.5. The topological polar surface area (TPSA) is 98.4 Å². The van der Waals surface area contributed by atoms with E-state index in [-0.39, 0.29) is 17.3 Å². The molecule has 4 aromatic rings. The van der Waals surface area contributed by atoms with Gasteiger partial charge in [0, 0.05) is 48.5 Å². The summed E-state index contributed by atoms with van der Waals surface area (Å²) >= 11 is 0. The quantitative estimate of drug-likeness (QED) is 0.140. The molecule has 50 heavy (non-hydrogen) atoms. The van der Waals surface area contributed by atoms with Crippen molar-refractivity contribution in [2.24, 2.45) is 0 Å². The van der Waals surface area contributed by atoms with Crippen LogP contribution in [0.3, 0.4) is 0 Å². The van der Waals surface area contributed by atoms with Crippen molar-refractivity contribution in [3.63, 3.8) is 0 Å². The molecule has 2 atom stereocenters. The van der Waals surface area contributed by atoms with Crippen LogP contribution >= 0.6 is 0 Å². The van der Waals surface area contributed by atoms with Crippen molar-refractivity contribution in [1.82, 2.24) is 14.6 Å². The summed E-state index contributed by atoms with van der Waals surface area (Å²) in [5.74, 6) is -1.30. The number of hydrogen-bond acceptors (Lipinski definition) is 7. The second-order valence-electron chi connectivity index (χ2n) is 14.0. The molecule has 1 aliphatic heterocycles. The molecule has 0 saturated carbocycles. The number of benzene rings is 2. The summed E-state index contributed by atoms with van der Waals surface area (Å²) in [6.45, 7) is 20.1. The van der Waals surface area contributed by atoms with Crippen LogP contribution in [0, 0.1) is 18.6 Å². The Kier molecular flexibility index (Phi) is 10.8. The van der Waals surface area contributed by atoms with Crippen LogP contribution in [-0.4, -0.2) is 62.7 Å². The van der Waals surface area contributed by atoms with Crippen molar-refractivity contribution in [1.29, 1.82) is 0 Å². The predicted octanol–water partition coefficient (Wildman–Crippen LogP) is 8.50. The molecule has 0 aliphatic carbocycles. The number of anilines is 1. The normalized spacial score (nSPS) is 15.9. The molecule has 1 saturated heterocycles. The van der Waals surface area contributed by atoms with Gasteiger partial charge in [0.15, 0.2) is 11.8 Å². The molecule has 266 valence electrons. The summed E-state index contributed by atoms with van der Waals surface area (Å²) in [5.41, 5.74) is 1.75. The van der Waals surface area contributed by atoms with Crippen LogP contribution in [0.25, 0.3) is 28.0 Å². The van der Waals surface area contributed by atoms with Crippen LogP contribution in [-0.2, 0) is 14.3 Å². The van der Waals surface area contributed by atoms with Gasteiger partial charge in [-0.3, -0.25) is 0 Å². The Hall–Kier alpha value is -4.61. The number of aromatic nitrogens is 3. The van der Waals surface area contributed by atoms with Crippen molar-refractivity contribution in [3.8, 4) is 28.1 Å². The maximum Gasteiger partial charge on any atom is 0.337 e. The minimum atomic E-state index is -1.35. The highest BCUT2D eigenvalue weighted by Crippen LogP contribution is 2.40. The highest BCUT2D eigenvalue weighted by Gasteiger charge is 2.38. The number of hydrogen-bond donors (Lipinski definition) is 1. The Morgan fingerprint density at radius 2 is 1.80 bits per heavy atom. The zero-order valence-corrected chi connectivity index (χ0v) is 29.6. The Bertz CT molecular complexity index is 1890. The average molecular weight is 689 g/mol. The van der Waals surface area contributed by atoms with Crippen molar-refractivity contribution >= 4 is 17.4 Å². The predicted molar refractivity (Wildman–Crippen MR) is 191 cm³/mol. The minimum Gasteiger partial charge on any atom is -0.490 e. The van der Waals surface area contributed by atoms with Crippen molar-refractivity contribution in [2.75, 3.05) is 24.6 Å². The molecule has 0 amide bonds. The number of carbonyl (C=O) groups is 1. The van der Waals surface area contributed by atoms with Gasteiger partial charge in [0.2, 0.25) is 0 Å². The number of halogens is 2. The van der Waals surface area contributed by atoms with Gasteiger partial charge >= 0.3 is 5.97 Å². The molecule has 1 fully saturated rings. The molecule has 3 heterocycles. The first-order chi connectivity index (χ1) is 23.6. The first-order valence-electron chi connectivity index (χ1n) is 16.8. The maximum absolute atomic E-state index is 15.7. The van der Waals surface area contributed by atoms with E-state index in [4.69, 9.17) is 24.3 Å². The largest absolute Gasteiger partial charge is 0.490 e. The lowest BCUT2D eigenvalue weighted by Gasteiger charge is -2.41. The monoisotopic (exact) mass is 688 g/mol. The second-order valence-corrected chi connectivity index (χ2v) is 14.0. The fourth-order valence-corrected chi connectivity index (χ4v) is 6.26. The molecule has 0 spiro atoms. The number of ether oxygens (including phenoxy) is 3. The number of fused-ring (bicyclic) bond motifs is 1. The lowest BCUT2D eigenvalue weighted by atomic mass is 9.92. The van der Waals surface area contributed by atoms with Gasteiger partial charge in [-0.1, -0.05) is 18.2 Å². The third-order valence-corrected chi connectivity index (χ3v) is 8.76. The Morgan fingerprint density at radius 1 is 1.08 bits per heavy atom. The molecule has 1 unspecified atom stereocenters. The Labute approximate surface area is 292 Å². The van der Waals surface area contributed by atoms with Crippen molar-refractivity contribution in [2.45, 2.75) is 84.2 Å². The zero-order valence-electron chi connectivity index (χ0n) is 29.6. The summed E-state index contributed by atoms with van der Waals surface area (Å²) in [7, 11) is 0. The van der Waals surface area contributed by atoms with E-state index in [0.29, 0.717) is 84.3 Å². The SMILES string of the molecule is C=CCOC1(C)CCN(c2c(C(OC(C)(C)C)C(=O)O)c(C)nc3cc(-c4cc(-c5ccc(F)cc5O[C@@H](C)CC=C)ccc4F)nn23)CC1. The van der Waals surface area contributed by atoms with E-state index in [9.17, 15) is 14.3 Å². The summed E-state index contributed by atoms with van der Waals surface area (Å²) in [6.07, 6.45) is 3.74. The fourth-order valence-electron chi connectivity index (χ4n) is 6.26. The molecule has 1 aliphatic rings. The first-order valence-corrected chi connectivity index (χ1v) is 16.8. The van der Waals surface area contributed by atoms with E-state index in [1.807, 2.05) is 6.92 Å². The number of rotatable bonds is 13. The number of aliphatic carboxylic acids is 1. The summed E-state index contributed by atoms with van der Waals surface area (Å²) in [4.78, 5) is 19.6. The molecule has 9 nitrogen and oxygen atoms in total. The number of carboxylic acids is 1. The summed E-state index contributed by atoms with van der Waals surface area (Å²) in [5, 5.41) is 15.3. The van der Waals surface area contributed by atoms with Crippen LogP contribution in [0.2, 0.25) is 0 Å². The standard InChI is InChI=1S/C39H46F2N4O5/c1-9-11-24(3)49-32-22-27(40)13-14-28(32)26-12-15-30(41)29(21-26)31-23-33-42-25(4)34(35(37(46)47)50-38(5,6)7)36(45(33)43-31)44-18-16-39(8,17-19-44)48-20-10-2/h9-10,12-15,21-24,35H,1-2,11,16-20H2,3-8H3,(H,46,47)/t24-,35?/m0/s1. The molecule has 2 aromatic heterocycles.